The van der Waals surface area contributed by atoms with Crippen LogP contribution in [0, 0.1) is 34.5 Å². The van der Waals surface area contributed by atoms with E-state index in [9.17, 15) is 19.5 Å². The van der Waals surface area contributed by atoms with Gasteiger partial charge in [0.25, 0.3) is 0 Å². The first-order valence-electron chi connectivity index (χ1n) is 10.4. The number of rotatable bonds is 3. The van der Waals surface area contributed by atoms with Gasteiger partial charge in [-0.3, -0.25) is 14.4 Å². The fraction of sp³-hybridized carbons (Fsp3) is 0.696. The molecule has 3 saturated carbocycles. The van der Waals surface area contributed by atoms with E-state index in [1.165, 1.54) is 6.92 Å². The first kappa shape index (κ1) is 19.6. The largest absolute Gasteiger partial charge is 0.458 e. The lowest BCUT2D eigenvalue weighted by molar-refractivity contribution is -0.152. The molecule has 4 aliphatic carbocycles. The molecule has 0 aliphatic heterocycles. The van der Waals surface area contributed by atoms with Crippen molar-refractivity contribution >= 4 is 17.5 Å². The summed E-state index contributed by atoms with van der Waals surface area (Å²) < 4.78 is 4.97. The van der Waals surface area contributed by atoms with Crippen LogP contribution in [-0.2, 0) is 19.1 Å². The van der Waals surface area contributed by atoms with Gasteiger partial charge in [-0.05, 0) is 61.5 Å². The summed E-state index contributed by atoms with van der Waals surface area (Å²) in [5.41, 5.74) is 0.602. The zero-order valence-electron chi connectivity index (χ0n) is 16.9. The maximum absolute atomic E-state index is 12.8. The first-order valence-corrected chi connectivity index (χ1v) is 10.4. The number of aliphatic hydroxyl groups is 1. The SMILES string of the molecule is CC(=O)OCC(=O)C1CCC2[C@@H]3CCC4=CC(=O)C=C[C@]4(C)C3C(O)C[C@]12C. The number of allylic oxidation sites excluding steroid dienone is 4. The van der Waals surface area contributed by atoms with E-state index in [-0.39, 0.29) is 40.8 Å². The quantitative estimate of drug-likeness (QED) is 0.754. The molecule has 152 valence electrons. The lowest BCUT2D eigenvalue weighted by Crippen LogP contribution is -2.56. The topological polar surface area (TPSA) is 80.7 Å². The maximum Gasteiger partial charge on any atom is 0.303 e. The number of ketones is 2. The van der Waals surface area contributed by atoms with Crippen LogP contribution in [0.3, 0.4) is 0 Å². The highest BCUT2D eigenvalue weighted by molar-refractivity contribution is 6.01. The van der Waals surface area contributed by atoms with E-state index in [2.05, 4.69) is 13.8 Å². The minimum atomic E-state index is -0.514. The minimum Gasteiger partial charge on any atom is -0.458 e. The predicted octanol–water partition coefficient (Wildman–Crippen LogP) is 3.01. The second kappa shape index (κ2) is 6.65. The van der Waals surface area contributed by atoms with Crippen LogP contribution in [0.15, 0.2) is 23.8 Å². The van der Waals surface area contributed by atoms with Crippen LogP contribution in [-0.4, -0.2) is 35.4 Å². The second-order valence-corrected chi connectivity index (χ2v) is 9.68. The lowest BCUT2D eigenvalue weighted by atomic mass is 9.46. The normalized spacial score (nSPS) is 44.2. The number of ether oxygens (including phenoxy) is 1. The van der Waals surface area contributed by atoms with Crippen molar-refractivity contribution in [2.24, 2.45) is 34.5 Å². The molecule has 5 nitrogen and oxygen atoms in total. The zero-order chi connectivity index (χ0) is 20.3. The molecule has 4 rings (SSSR count). The highest BCUT2D eigenvalue weighted by atomic mass is 16.5. The number of Topliss-reactive ketones (excluding diaryl/α,β-unsaturated/α-hetero) is 1. The fourth-order valence-electron chi connectivity index (χ4n) is 7.13. The van der Waals surface area contributed by atoms with E-state index >= 15 is 0 Å². The monoisotopic (exact) mass is 386 g/mol. The van der Waals surface area contributed by atoms with E-state index in [1.807, 2.05) is 6.08 Å². The Morgan fingerprint density at radius 1 is 1.25 bits per heavy atom. The Labute approximate surface area is 166 Å². The van der Waals surface area contributed by atoms with Crippen LogP contribution in [0.25, 0.3) is 0 Å². The predicted molar refractivity (Wildman–Crippen MR) is 103 cm³/mol. The molecule has 7 atom stereocenters. The Morgan fingerprint density at radius 3 is 2.71 bits per heavy atom. The van der Waals surface area contributed by atoms with Gasteiger partial charge in [-0.25, -0.2) is 0 Å². The molecule has 4 unspecified atom stereocenters. The van der Waals surface area contributed by atoms with Gasteiger partial charge in [-0.2, -0.15) is 0 Å². The third-order valence-corrected chi connectivity index (χ3v) is 8.30. The van der Waals surface area contributed by atoms with Crippen molar-refractivity contribution < 1.29 is 24.2 Å². The summed E-state index contributed by atoms with van der Waals surface area (Å²) in [5, 5.41) is 11.3. The van der Waals surface area contributed by atoms with Crippen molar-refractivity contribution in [3.05, 3.63) is 23.8 Å². The Hall–Kier alpha value is -1.75. The molecule has 1 N–H and O–H groups in total. The molecule has 0 bridgehead atoms. The fourth-order valence-corrected chi connectivity index (χ4v) is 7.13. The van der Waals surface area contributed by atoms with Crippen LogP contribution in [0.1, 0.15) is 52.9 Å². The molecular weight excluding hydrogens is 356 g/mol. The number of carbonyl (C=O) groups excluding carboxylic acids is 3. The zero-order valence-corrected chi connectivity index (χ0v) is 16.9. The van der Waals surface area contributed by atoms with E-state index < -0.39 is 12.1 Å². The number of fused-ring (bicyclic) bond motifs is 5. The van der Waals surface area contributed by atoms with Gasteiger partial charge in [0.1, 0.15) is 6.61 Å². The molecule has 3 fully saturated rings. The number of hydrogen-bond donors (Lipinski definition) is 1. The van der Waals surface area contributed by atoms with E-state index in [0.29, 0.717) is 18.3 Å². The summed E-state index contributed by atoms with van der Waals surface area (Å²) in [6.07, 6.45) is 9.08. The Bertz CT molecular complexity index is 780. The van der Waals surface area contributed by atoms with Gasteiger partial charge < -0.3 is 9.84 Å². The molecule has 0 amide bonds. The summed E-state index contributed by atoms with van der Waals surface area (Å²) in [6, 6.07) is 0. The van der Waals surface area contributed by atoms with Crippen LogP contribution >= 0.6 is 0 Å². The van der Waals surface area contributed by atoms with Crippen LogP contribution in [0.4, 0.5) is 0 Å². The van der Waals surface area contributed by atoms with Crippen molar-refractivity contribution in [1.82, 2.24) is 0 Å². The Kier molecular flexibility index (Phi) is 4.65. The molecule has 0 heterocycles. The average Bonchev–Trinajstić information content (AvgIpc) is 2.96. The number of aliphatic hydroxyl groups excluding tert-OH is 1. The van der Waals surface area contributed by atoms with E-state index in [4.69, 9.17) is 4.74 Å². The highest BCUT2D eigenvalue weighted by Crippen LogP contribution is 2.66. The van der Waals surface area contributed by atoms with Gasteiger partial charge in [0, 0.05) is 24.2 Å². The Balaban J connectivity index is 1.62. The van der Waals surface area contributed by atoms with Crippen molar-refractivity contribution in [2.75, 3.05) is 6.61 Å². The van der Waals surface area contributed by atoms with Crippen LogP contribution in [0.2, 0.25) is 0 Å². The van der Waals surface area contributed by atoms with Crippen molar-refractivity contribution in [3.63, 3.8) is 0 Å². The summed E-state index contributed by atoms with van der Waals surface area (Å²) in [6.45, 7) is 5.46. The average molecular weight is 386 g/mol. The molecule has 4 aliphatic rings. The molecule has 0 spiro atoms. The molecule has 0 aromatic heterocycles. The number of carbonyl (C=O) groups is 3. The van der Waals surface area contributed by atoms with Gasteiger partial charge in [0.15, 0.2) is 11.6 Å². The summed E-state index contributed by atoms with van der Waals surface area (Å²) in [4.78, 5) is 35.8. The molecule has 0 aromatic carbocycles. The molecule has 0 saturated heterocycles. The molecular formula is C23H30O5. The van der Waals surface area contributed by atoms with Crippen molar-refractivity contribution in [1.29, 1.82) is 0 Å². The number of hydrogen-bond acceptors (Lipinski definition) is 5. The molecule has 28 heavy (non-hydrogen) atoms. The van der Waals surface area contributed by atoms with Gasteiger partial charge in [0.2, 0.25) is 0 Å². The summed E-state index contributed by atoms with van der Waals surface area (Å²) >= 11 is 0. The van der Waals surface area contributed by atoms with E-state index in [0.717, 1.165) is 31.3 Å². The molecule has 0 aromatic rings. The van der Waals surface area contributed by atoms with Gasteiger partial charge in [-0.15, -0.1) is 0 Å². The first-order chi connectivity index (χ1) is 13.2. The smallest absolute Gasteiger partial charge is 0.303 e. The van der Waals surface area contributed by atoms with Crippen molar-refractivity contribution in [3.8, 4) is 0 Å². The van der Waals surface area contributed by atoms with Crippen LogP contribution in [0.5, 0.6) is 0 Å². The van der Waals surface area contributed by atoms with Crippen molar-refractivity contribution in [2.45, 2.75) is 59.0 Å². The molecule has 5 heteroatoms. The number of esters is 1. The maximum atomic E-state index is 12.8. The van der Waals surface area contributed by atoms with Gasteiger partial charge >= 0.3 is 5.97 Å². The Morgan fingerprint density at radius 2 is 2.00 bits per heavy atom. The van der Waals surface area contributed by atoms with Crippen LogP contribution < -0.4 is 0 Å². The lowest BCUT2D eigenvalue weighted by Gasteiger charge is -2.58. The third-order valence-electron chi connectivity index (χ3n) is 8.30. The third kappa shape index (κ3) is 2.81. The van der Waals surface area contributed by atoms with E-state index in [1.54, 1.807) is 12.2 Å². The summed E-state index contributed by atoms with van der Waals surface area (Å²) in [5.74, 6) is 0.208. The standard InChI is InChI=1S/C23H30O5/c1-13(24)28-12-20(27)18-7-6-17-16-5-4-14-10-15(25)8-9-22(14,2)21(16)19(26)11-23(17,18)3/h8-10,16-19,21,26H,4-7,11-12H2,1-3H3/t16-,17?,18?,19?,21?,22-,23-/m0/s1. The van der Waals surface area contributed by atoms with Gasteiger partial charge in [0.05, 0.1) is 6.10 Å². The van der Waals surface area contributed by atoms with Gasteiger partial charge in [-0.1, -0.05) is 25.5 Å². The minimum absolute atomic E-state index is 0.0170. The summed E-state index contributed by atoms with van der Waals surface area (Å²) in [7, 11) is 0. The second-order valence-electron chi connectivity index (χ2n) is 9.68. The molecule has 0 radical (unpaired) electrons. The highest BCUT2D eigenvalue weighted by Gasteiger charge is 2.62.